The number of aromatic nitrogens is 2. The summed E-state index contributed by atoms with van der Waals surface area (Å²) in [4.78, 5) is 38.6. The summed E-state index contributed by atoms with van der Waals surface area (Å²) < 4.78 is 20.3. The van der Waals surface area contributed by atoms with Crippen molar-refractivity contribution in [2.75, 3.05) is 11.9 Å². The van der Waals surface area contributed by atoms with Crippen LogP contribution in [0.1, 0.15) is 27.8 Å². The van der Waals surface area contributed by atoms with Crippen molar-refractivity contribution < 1.29 is 18.7 Å². The van der Waals surface area contributed by atoms with Crippen molar-refractivity contribution >= 4 is 50.6 Å². The van der Waals surface area contributed by atoms with Gasteiger partial charge in [0.25, 0.3) is 11.5 Å². The Hall–Kier alpha value is -3.56. The Kier molecular flexibility index (Phi) is 6.02. The second-order valence-electron chi connectivity index (χ2n) is 6.53. The fourth-order valence-electron chi connectivity index (χ4n) is 3.12. The Bertz CT molecular complexity index is 1380. The summed E-state index contributed by atoms with van der Waals surface area (Å²) in [7, 11) is 0. The number of carbonyl (C=O) groups excluding carboxylic acids is 2. The first-order valence-corrected chi connectivity index (χ1v) is 10.7. The van der Waals surface area contributed by atoms with E-state index in [1.54, 1.807) is 37.3 Å². The van der Waals surface area contributed by atoms with Crippen molar-refractivity contribution in [3.8, 4) is 5.69 Å². The molecule has 0 atom stereocenters. The highest BCUT2D eigenvalue weighted by Crippen LogP contribution is 2.32. The second-order valence-corrected chi connectivity index (χ2v) is 7.81. The molecular weight excluding hydrogens is 457 g/mol. The Morgan fingerprint density at radius 2 is 1.94 bits per heavy atom. The maximum absolute atomic E-state index is 14.2. The predicted octanol–water partition coefficient (Wildman–Crippen LogP) is 4.67. The van der Waals surface area contributed by atoms with Crippen molar-refractivity contribution in [2.45, 2.75) is 6.92 Å². The van der Waals surface area contributed by atoms with Gasteiger partial charge in [-0.2, -0.15) is 9.78 Å². The van der Waals surface area contributed by atoms with Crippen molar-refractivity contribution in [1.82, 2.24) is 9.78 Å². The molecule has 0 aliphatic carbocycles. The highest BCUT2D eigenvalue weighted by Gasteiger charge is 2.24. The summed E-state index contributed by atoms with van der Waals surface area (Å²) in [6, 6.07) is 12.4. The van der Waals surface area contributed by atoms with Gasteiger partial charge in [-0.05, 0) is 31.2 Å². The minimum atomic E-state index is -0.822. The Labute approximate surface area is 190 Å². The third-order valence-corrected chi connectivity index (χ3v) is 5.75. The molecule has 2 heterocycles. The van der Waals surface area contributed by atoms with Gasteiger partial charge in [0.05, 0.1) is 28.3 Å². The number of nitrogens with zero attached hydrogens (tertiary/aromatic N) is 2. The third kappa shape index (κ3) is 3.88. The largest absolute Gasteiger partial charge is 0.461 e. The topological polar surface area (TPSA) is 90.3 Å². The van der Waals surface area contributed by atoms with Crippen LogP contribution in [0.4, 0.5) is 9.39 Å². The number of benzene rings is 2. The summed E-state index contributed by atoms with van der Waals surface area (Å²) in [5.74, 6) is -2.33. The first-order valence-electron chi connectivity index (χ1n) is 9.44. The lowest BCUT2D eigenvalue weighted by molar-refractivity contribution is 0.0520. The van der Waals surface area contributed by atoms with E-state index in [1.165, 1.54) is 17.5 Å². The smallest absolute Gasteiger partial charge is 0.359 e. The fourth-order valence-corrected chi connectivity index (χ4v) is 4.30. The van der Waals surface area contributed by atoms with Crippen LogP contribution in [-0.4, -0.2) is 28.3 Å². The van der Waals surface area contributed by atoms with Gasteiger partial charge in [0.15, 0.2) is 5.69 Å². The summed E-state index contributed by atoms with van der Waals surface area (Å²) >= 11 is 6.99. The van der Waals surface area contributed by atoms with Gasteiger partial charge in [0.1, 0.15) is 10.8 Å². The van der Waals surface area contributed by atoms with Crippen LogP contribution in [0.3, 0.4) is 0 Å². The monoisotopic (exact) mass is 471 g/mol. The maximum atomic E-state index is 14.2. The minimum Gasteiger partial charge on any atom is -0.461 e. The number of amides is 1. The van der Waals surface area contributed by atoms with Gasteiger partial charge in [-0.15, -0.1) is 11.3 Å². The van der Waals surface area contributed by atoms with E-state index in [-0.39, 0.29) is 38.7 Å². The number of carbonyl (C=O) groups is 2. The van der Waals surface area contributed by atoms with E-state index in [2.05, 4.69) is 10.4 Å². The molecule has 0 aliphatic heterocycles. The number of ether oxygens (including phenoxy) is 1. The molecule has 0 radical (unpaired) electrons. The number of esters is 1. The van der Waals surface area contributed by atoms with Gasteiger partial charge in [0.2, 0.25) is 0 Å². The molecule has 2 aromatic heterocycles. The molecular formula is C22H15ClFN3O4S. The van der Waals surface area contributed by atoms with Crippen molar-refractivity contribution in [3.05, 3.63) is 86.4 Å². The van der Waals surface area contributed by atoms with Crippen LogP contribution in [0.5, 0.6) is 0 Å². The van der Waals surface area contributed by atoms with Crippen LogP contribution in [-0.2, 0) is 4.74 Å². The van der Waals surface area contributed by atoms with Crippen LogP contribution >= 0.6 is 22.9 Å². The molecule has 0 unspecified atom stereocenters. The molecule has 1 N–H and O–H groups in total. The van der Waals surface area contributed by atoms with Crippen LogP contribution < -0.4 is 10.9 Å². The Morgan fingerprint density at radius 3 is 2.62 bits per heavy atom. The molecule has 4 aromatic rings. The number of fused-ring (bicyclic) bond motifs is 1. The molecule has 4 rings (SSSR count). The molecule has 10 heteroatoms. The zero-order chi connectivity index (χ0) is 22.8. The first-order chi connectivity index (χ1) is 15.4. The molecule has 2 aromatic carbocycles. The van der Waals surface area contributed by atoms with E-state index in [0.29, 0.717) is 5.69 Å². The predicted molar refractivity (Wildman–Crippen MR) is 121 cm³/mol. The number of halogens is 2. The lowest BCUT2D eigenvalue weighted by Gasteiger charge is -2.10. The average molecular weight is 472 g/mol. The van der Waals surface area contributed by atoms with E-state index in [0.717, 1.165) is 22.1 Å². The van der Waals surface area contributed by atoms with Gasteiger partial charge in [-0.3, -0.25) is 9.59 Å². The summed E-state index contributed by atoms with van der Waals surface area (Å²) in [6.45, 7) is 1.77. The van der Waals surface area contributed by atoms with E-state index in [9.17, 15) is 18.8 Å². The number of hydrogen-bond acceptors (Lipinski definition) is 6. The van der Waals surface area contributed by atoms with Crippen LogP contribution in [0.15, 0.2) is 58.7 Å². The van der Waals surface area contributed by atoms with Gasteiger partial charge in [-0.1, -0.05) is 35.9 Å². The average Bonchev–Trinajstić information content (AvgIpc) is 3.18. The summed E-state index contributed by atoms with van der Waals surface area (Å²) in [6.07, 6.45) is 0. The van der Waals surface area contributed by atoms with Crippen molar-refractivity contribution in [3.63, 3.8) is 0 Å². The number of hydrogen-bond donors (Lipinski definition) is 1. The normalized spacial score (nSPS) is 10.8. The Morgan fingerprint density at radius 1 is 1.19 bits per heavy atom. The molecule has 1 amide bonds. The second kappa shape index (κ2) is 8.89. The Balaban J connectivity index is 1.90. The number of rotatable bonds is 5. The zero-order valence-corrected chi connectivity index (χ0v) is 18.2. The van der Waals surface area contributed by atoms with Crippen LogP contribution in [0, 0.1) is 5.82 Å². The minimum absolute atomic E-state index is 0.0534. The standard InChI is InChI=1S/C22H15ClFN3O4S/c1-2-31-22(30)18-13-11-32-20(25-19(28)17-14(23)9-6-10-15(17)24)16(13)21(29)27(26-18)12-7-4-3-5-8-12/h3-11H,2H2,1H3,(H,25,28). The van der Waals surface area contributed by atoms with E-state index in [4.69, 9.17) is 16.3 Å². The number of anilines is 1. The lowest BCUT2D eigenvalue weighted by Crippen LogP contribution is -2.25. The van der Waals surface area contributed by atoms with E-state index >= 15 is 0 Å². The molecule has 7 nitrogen and oxygen atoms in total. The van der Waals surface area contributed by atoms with E-state index < -0.39 is 23.3 Å². The van der Waals surface area contributed by atoms with E-state index in [1.807, 2.05) is 0 Å². The molecule has 0 aliphatic rings. The molecule has 0 bridgehead atoms. The van der Waals surface area contributed by atoms with Gasteiger partial charge < -0.3 is 10.1 Å². The molecule has 0 spiro atoms. The highest BCUT2D eigenvalue weighted by atomic mass is 35.5. The molecule has 162 valence electrons. The zero-order valence-electron chi connectivity index (χ0n) is 16.6. The van der Waals surface area contributed by atoms with Gasteiger partial charge in [-0.25, -0.2) is 9.18 Å². The van der Waals surface area contributed by atoms with Crippen LogP contribution in [0.2, 0.25) is 5.02 Å². The molecule has 0 saturated carbocycles. The number of nitrogens with one attached hydrogen (secondary N) is 1. The fraction of sp³-hybridized carbons (Fsp3) is 0.0909. The number of thiophene rings is 1. The quantitative estimate of drug-likeness (QED) is 0.427. The molecule has 0 fully saturated rings. The van der Waals surface area contributed by atoms with Gasteiger partial charge >= 0.3 is 5.97 Å². The van der Waals surface area contributed by atoms with Gasteiger partial charge in [0, 0.05) is 10.8 Å². The van der Waals surface area contributed by atoms with Crippen molar-refractivity contribution in [2.24, 2.45) is 0 Å². The van der Waals surface area contributed by atoms with Crippen LogP contribution in [0.25, 0.3) is 16.5 Å². The summed E-state index contributed by atoms with van der Waals surface area (Å²) in [5, 5.41) is 8.61. The van der Waals surface area contributed by atoms with Crippen molar-refractivity contribution in [1.29, 1.82) is 0 Å². The molecule has 0 saturated heterocycles. The first kappa shape index (κ1) is 21.7. The number of para-hydroxylation sites is 1. The third-order valence-electron chi connectivity index (χ3n) is 4.54. The summed E-state index contributed by atoms with van der Waals surface area (Å²) in [5.41, 5.74) is -0.564. The molecule has 32 heavy (non-hydrogen) atoms. The lowest BCUT2D eigenvalue weighted by atomic mass is 10.2. The highest BCUT2D eigenvalue weighted by molar-refractivity contribution is 7.16. The SMILES string of the molecule is CCOC(=O)c1nn(-c2ccccc2)c(=O)c2c(NC(=O)c3c(F)cccc3Cl)scc12. The maximum Gasteiger partial charge on any atom is 0.359 e.